The summed E-state index contributed by atoms with van der Waals surface area (Å²) >= 11 is 0. The molecule has 4 heavy (non-hydrogen) atoms. The fourth-order valence-corrected chi connectivity index (χ4v) is 0. The van der Waals surface area contributed by atoms with Crippen LogP contribution in [0.4, 0.5) is 0 Å². The summed E-state index contributed by atoms with van der Waals surface area (Å²) in [4.78, 5) is 0. The zero-order valence-electron chi connectivity index (χ0n) is 0. The van der Waals surface area contributed by atoms with Crippen LogP contribution in [0.3, 0.4) is 0 Å². The molecule has 0 aromatic carbocycles. The average Bonchev–Trinajstić information content (AvgIpc) is 0. The van der Waals surface area contributed by atoms with Crippen molar-refractivity contribution in [1.29, 1.82) is 0 Å². The van der Waals surface area contributed by atoms with Crippen LogP contribution in [0.2, 0.25) is 0 Å². The third-order valence-electron chi connectivity index (χ3n) is 0. The van der Waals surface area contributed by atoms with E-state index in [9.17, 15) is 0 Å². The standard InChI is InChI=1S/2BH3.Mg.Na.3H/h2*1H3;;;;;. The summed E-state index contributed by atoms with van der Waals surface area (Å²) < 4.78 is 0. The number of rotatable bonds is 0. The van der Waals surface area contributed by atoms with Gasteiger partial charge in [0, 0.05) is 0 Å². The molecule has 0 rings (SSSR count). The van der Waals surface area contributed by atoms with E-state index in [2.05, 4.69) is 0 Å². The molecule has 0 fully saturated rings. The van der Waals surface area contributed by atoms with Crippen LogP contribution in [0.5, 0.6) is 0 Å². The molecule has 0 N–H and O–H groups in total. The van der Waals surface area contributed by atoms with Gasteiger partial charge in [-0.3, -0.25) is 0 Å². The maximum atomic E-state index is 0. The Morgan fingerprint density at radius 3 is 0.750 bits per heavy atom. The van der Waals surface area contributed by atoms with Gasteiger partial charge >= 0.3 is 52.6 Å². The van der Waals surface area contributed by atoms with Gasteiger partial charge in [-0.1, -0.05) is 0 Å². The van der Waals surface area contributed by atoms with Crippen molar-refractivity contribution in [3.8, 4) is 0 Å². The van der Waals surface area contributed by atoms with E-state index in [0.29, 0.717) is 0 Å². The van der Waals surface area contributed by atoms with Gasteiger partial charge in [0.2, 0.25) is 0 Å². The summed E-state index contributed by atoms with van der Waals surface area (Å²) in [5.41, 5.74) is 0. The van der Waals surface area contributed by atoms with Crippen molar-refractivity contribution in [3.63, 3.8) is 0 Å². The van der Waals surface area contributed by atoms with E-state index in [0.717, 1.165) is 0 Å². The Morgan fingerprint density at radius 1 is 0.750 bits per heavy atom. The Morgan fingerprint density at radius 2 is 0.750 bits per heavy atom. The van der Waals surface area contributed by atoms with Gasteiger partial charge in [-0.05, 0) is 0 Å². The van der Waals surface area contributed by atoms with E-state index in [1.165, 1.54) is 0 Å². The molecule has 0 saturated carbocycles. The first-order valence-corrected chi connectivity index (χ1v) is 0. The van der Waals surface area contributed by atoms with E-state index < -0.39 is 0 Å². The summed E-state index contributed by atoms with van der Waals surface area (Å²) in [5, 5.41) is 0. The molecule has 0 atom stereocenters. The maximum absolute atomic E-state index is 0. The molecule has 0 bridgehead atoms. The van der Waals surface area contributed by atoms with Gasteiger partial charge in [-0.2, -0.15) is 0 Å². The zero-order chi connectivity index (χ0) is 0. The molecule has 0 aliphatic carbocycles. The Kier molecular flexibility index (Phi) is 203. The molecular formula is H9B2MgNa. The number of hydrogen-bond donors (Lipinski definition) is 0. The second-order valence-electron chi connectivity index (χ2n) is 0. The second kappa shape index (κ2) is 20.7. The molecule has 0 unspecified atom stereocenters. The second-order valence-corrected chi connectivity index (χ2v) is 0. The van der Waals surface area contributed by atoms with Crippen molar-refractivity contribution >= 4 is 69.4 Å². The quantitative estimate of drug-likeness (QED) is 0.259. The first kappa shape index (κ1) is 39.3. The van der Waals surface area contributed by atoms with Crippen LogP contribution in [0.15, 0.2) is 0 Å². The topological polar surface area (TPSA) is 0 Å². The monoisotopic (exact) mass is 78.1 g/mol. The van der Waals surface area contributed by atoms with Crippen molar-refractivity contribution in [2.24, 2.45) is 0 Å². The van der Waals surface area contributed by atoms with E-state index in [1.54, 1.807) is 0 Å². The van der Waals surface area contributed by atoms with Gasteiger partial charge in [0.1, 0.15) is 0 Å². The molecule has 18 valence electrons. The van der Waals surface area contributed by atoms with E-state index in [1.807, 2.05) is 0 Å². The summed E-state index contributed by atoms with van der Waals surface area (Å²) in [6.07, 6.45) is 0. The van der Waals surface area contributed by atoms with E-state index >= 15 is 0 Å². The molecule has 0 aliphatic heterocycles. The van der Waals surface area contributed by atoms with Crippen LogP contribution in [0, 0.1) is 0 Å². The van der Waals surface area contributed by atoms with Crippen LogP contribution >= 0.6 is 0 Å². The molecule has 0 aliphatic rings. The van der Waals surface area contributed by atoms with Gasteiger partial charge in [-0.15, -0.1) is 0 Å². The van der Waals surface area contributed by atoms with Crippen LogP contribution in [-0.4, -0.2) is 69.4 Å². The average molecular weight is 78.0 g/mol. The van der Waals surface area contributed by atoms with Crippen molar-refractivity contribution in [3.05, 3.63) is 0 Å². The molecule has 4 heteroatoms. The molecule has 0 aromatic heterocycles. The third kappa shape index (κ3) is 9.09. The van der Waals surface area contributed by atoms with Crippen LogP contribution < -0.4 is 0 Å². The minimum atomic E-state index is 0. The van der Waals surface area contributed by atoms with Gasteiger partial charge < -0.3 is 0 Å². The molecule has 0 spiro atoms. The minimum absolute atomic E-state index is 0. The zero-order valence-corrected chi connectivity index (χ0v) is 0. The first-order chi connectivity index (χ1) is 0. The summed E-state index contributed by atoms with van der Waals surface area (Å²) in [6, 6.07) is 0. The van der Waals surface area contributed by atoms with Gasteiger partial charge in [0.15, 0.2) is 0 Å². The van der Waals surface area contributed by atoms with Crippen LogP contribution in [-0.2, 0) is 0 Å². The number of hydrogen-bond acceptors (Lipinski definition) is 0. The summed E-state index contributed by atoms with van der Waals surface area (Å²) in [5.74, 6) is 0. The van der Waals surface area contributed by atoms with Gasteiger partial charge in [0.25, 0.3) is 0 Å². The van der Waals surface area contributed by atoms with Crippen molar-refractivity contribution in [2.45, 2.75) is 0 Å². The fraction of sp³-hybridized carbons (Fsp3) is 0. The first-order valence-electron chi connectivity index (χ1n) is 0. The molecular weight excluding hydrogens is 68.9 g/mol. The van der Waals surface area contributed by atoms with Crippen molar-refractivity contribution in [2.75, 3.05) is 0 Å². The third-order valence-corrected chi connectivity index (χ3v) is 0. The molecule has 0 saturated heterocycles. The molecule has 0 amide bonds. The summed E-state index contributed by atoms with van der Waals surface area (Å²) in [6.45, 7) is 0. The Hall–Kier alpha value is 1.90. The predicted molar refractivity (Wildman–Crippen MR) is 35.6 cm³/mol. The van der Waals surface area contributed by atoms with Crippen LogP contribution in [0.25, 0.3) is 0 Å². The van der Waals surface area contributed by atoms with E-state index in [4.69, 9.17) is 0 Å². The van der Waals surface area contributed by atoms with Crippen LogP contribution in [0.1, 0.15) is 0 Å². The molecule has 0 nitrogen and oxygen atoms in total. The SMILES string of the molecule is B.B.[MgH2].[NaH]. The Bertz CT molecular complexity index is 6.00. The Labute approximate surface area is 68.7 Å². The Balaban J connectivity index is 0. The molecule has 0 radical (unpaired) electrons. The summed E-state index contributed by atoms with van der Waals surface area (Å²) in [7, 11) is 0. The van der Waals surface area contributed by atoms with Gasteiger partial charge in [0.05, 0.1) is 16.8 Å². The predicted octanol–water partition coefficient (Wildman–Crippen LogP) is -3.93. The van der Waals surface area contributed by atoms with Crippen molar-refractivity contribution < 1.29 is 0 Å². The molecule has 0 aromatic rings. The normalized spacial score (nSPS) is 0. The fourth-order valence-electron chi connectivity index (χ4n) is 0. The van der Waals surface area contributed by atoms with Gasteiger partial charge in [-0.25, -0.2) is 0 Å². The van der Waals surface area contributed by atoms with Crippen molar-refractivity contribution in [1.82, 2.24) is 0 Å². The molecule has 0 heterocycles. The van der Waals surface area contributed by atoms with E-state index in [-0.39, 0.29) is 69.4 Å².